The lowest BCUT2D eigenvalue weighted by Crippen LogP contribution is -2.38. The summed E-state index contributed by atoms with van der Waals surface area (Å²) < 4.78 is 5.18. The molecule has 138 valence electrons. The number of halogens is 1. The predicted molar refractivity (Wildman–Crippen MR) is 100 cm³/mol. The number of nitrogens with one attached hydrogen (secondary N) is 1. The Bertz CT molecular complexity index is 764. The van der Waals surface area contributed by atoms with Gasteiger partial charge in [-0.25, -0.2) is 0 Å². The molecule has 2 fully saturated rings. The van der Waals surface area contributed by atoms with E-state index in [-0.39, 0.29) is 5.91 Å². The minimum absolute atomic E-state index is 0.150. The molecule has 1 saturated heterocycles. The molecule has 5 nitrogen and oxygen atoms in total. The number of hydrogen-bond donors (Lipinski definition) is 1. The van der Waals surface area contributed by atoms with Gasteiger partial charge in [0.1, 0.15) is 0 Å². The molecular weight excluding hydrogens is 350 g/mol. The van der Waals surface area contributed by atoms with E-state index in [1.165, 1.54) is 5.56 Å². The summed E-state index contributed by atoms with van der Waals surface area (Å²) in [6.45, 7) is 3.64. The predicted octanol–water partition coefficient (Wildman–Crippen LogP) is 3.85. The number of nitrogens with zero attached hydrogens (tertiary/aromatic N) is 2. The Hall–Kier alpha value is -1.85. The summed E-state index contributed by atoms with van der Waals surface area (Å²) in [5, 5.41) is 7.83. The Kier molecular flexibility index (Phi) is 5.27. The Morgan fingerprint density at radius 2 is 2.00 bits per heavy atom. The largest absolute Gasteiger partial charge is 0.351 e. The number of amides is 1. The normalized spacial score (nSPS) is 18.8. The number of carbonyl (C=O) groups excluding carboxylic acids is 1. The fourth-order valence-corrected chi connectivity index (χ4v) is 3.70. The maximum Gasteiger partial charge on any atom is 0.289 e. The van der Waals surface area contributed by atoms with E-state index in [1.807, 2.05) is 18.2 Å². The van der Waals surface area contributed by atoms with Crippen LogP contribution in [0.5, 0.6) is 0 Å². The van der Waals surface area contributed by atoms with Crippen molar-refractivity contribution in [2.75, 3.05) is 19.6 Å². The molecule has 1 aromatic carbocycles. The zero-order chi connectivity index (χ0) is 17.9. The van der Waals surface area contributed by atoms with E-state index in [9.17, 15) is 4.79 Å². The number of likely N-dealkylation sites (tertiary alicyclic amines) is 1. The molecule has 0 bridgehead atoms. The zero-order valence-electron chi connectivity index (χ0n) is 14.8. The third-order valence-electron chi connectivity index (χ3n) is 5.36. The van der Waals surface area contributed by atoms with Crippen molar-refractivity contribution in [1.29, 1.82) is 0 Å². The molecular formula is C20H24ClN3O2. The van der Waals surface area contributed by atoms with Crippen molar-refractivity contribution >= 4 is 17.5 Å². The molecule has 1 saturated carbocycles. The van der Waals surface area contributed by atoms with Crippen LogP contribution in [0.25, 0.3) is 0 Å². The molecule has 2 heterocycles. The topological polar surface area (TPSA) is 58.4 Å². The highest BCUT2D eigenvalue weighted by Crippen LogP contribution is 2.39. The molecule has 1 amide bonds. The summed E-state index contributed by atoms with van der Waals surface area (Å²) in [4.78, 5) is 14.6. The number of benzene rings is 1. The summed E-state index contributed by atoms with van der Waals surface area (Å²) in [6, 6.07) is 9.81. The van der Waals surface area contributed by atoms with Gasteiger partial charge in [0.25, 0.3) is 5.91 Å². The summed E-state index contributed by atoms with van der Waals surface area (Å²) in [6.07, 6.45) is 4.46. The number of carbonyl (C=O) groups is 1. The second kappa shape index (κ2) is 7.80. The molecule has 4 rings (SSSR count). The third-order valence-corrected chi connectivity index (χ3v) is 5.73. The average Bonchev–Trinajstić information content (AvgIpc) is 3.39. The average molecular weight is 374 g/mol. The van der Waals surface area contributed by atoms with Crippen LogP contribution in [-0.2, 0) is 6.54 Å². The van der Waals surface area contributed by atoms with Crippen LogP contribution in [0.1, 0.15) is 53.4 Å². The molecule has 0 atom stereocenters. The van der Waals surface area contributed by atoms with Crippen molar-refractivity contribution in [3.05, 3.63) is 52.4 Å². The first-order valence-electron chi connectivity index (χ1n) is 9.39. The van der Waals surface area contributed by atoms with E-state index in [2.05, 4.69) is 21.4 Å². The van der Waals surface area contributed by atoms with Crippen LogP contribution >= 0.6 is 11.6 Å². The fourth-order valence-electron chi connectivity index (χ4n) is 3.51. The van der Waals surface area contributed by atoms with Crippen LogP contribution in [0.2, 0.25) is 5.02 Å². The van der Waals surface area contributed by atoms with Crippen molar-refractivity contribution < 1.29 is 9.32 Å². The molecule has 0 spiro atoms. The first kappa shape index (κ1) is 17.6. The van der Waals surface area contributed by atoms with Gasteiger partial charge in [-0.2, -0.15) is 0 Å². The lowest BCUT2D eigenvalue weighted by molar-refractivity contribution is 0.0898. The smallest absolute Gasteiger partial charge is 0.289 e. The van der Waals surface area contributed by atoms with Crippen molar-refractivity contribution in [1.82, 2.24) is 15.4 Å². The molecule has 0 unspecified atom stereocenters. The van der Waals surface area contributed by atoms with Gasteiger partial charge in [-0.05, 0) is 56.3 Å². The Morgan fingerprint density at radius 1 is 1.23 bits per heavy atom. The summed E-state index contributed by atoms with van der Waals surface area (Å²) >= 11 is 6.25. The molecule has 0 radical (unpaired) electrons. The lowest BCUT2D eigenvalue weighted by atomic mass is 9.96. The SMILES string of the molecule is O=C(NCC1CCN(Cc2ccccc2Cl)CC1)c1cc(C2CC2)no1. The van der Waals surface area contributed by atoms with E-state index in [0.29, 0.717) is 24.1 Å². The van der Waals surface area contributed by atoms with Gasteiger partial charge in [-0.1, -0.05) is 35.0 Å². The summed E-state index contributed by atoms with van der Waals surface area (Å²) in [7, 11) is 0. The maximum absolute atomic E-state index is 12.2. The first-order valence-corrected chi connectivity index (χ1v) is 9.77. The van der Waals surface area contributed by atoms with Gasteiger partial charge in [-0.3, -0.25) is 9.69 Å². The Balaban J connectivity index is 1.21. The van der Waals surface area contributed by atoms with Gasteiger partial charge in [0.15, 0.2) is 0 Å². The third kappa shape index (κ3) is 4.27. The van der Waals surface area contributed by atoms with Gasteiger partial charge in [0.2, 0.25) is 5.76 Å². The van der Waals surface area contributed by atoms with E-state index in [4.69, 9.17) is 16.1 Å². The van der Waals surface area contributed by atoms with Crippen LogP contribution in [0.3, 0.4) is 0 Å². The number of piperidine rings is 1. The first-order chi connectivity index (χ1) is 12.7. The van der Waals surface area contributed by atoms with Crippen LogP contribution in [0.4, 0.5) is 0 Å². The van der Waals surface area contributed by atoms with E-state index in [0.717, 1.165) is 56.0 Å². The van der Waals surface area contributed by atoms with Gasteiger partial charge in [0, 0.05) is 30.1 Å². The highest BCUT2D eigenvalue weighted by atomic mass is 35.5. The zero-order valence-corrected chi connectivity index (χ0v) is 15.5. The van der Waals surface area contributed by atoms with Crippen LogP contribution in [0, 0.1) is 5.92 Å². The van der Waals surface area contributed by atoms with E-state index < -0.39 is 0 Å². The molecule has 2 aliphatic rings. The minimum Gasteiger partial charge on any atom is -0.351 e. The monoisotopic (exact) mass is 373 g/mol. The lowest BCUT2D eigenvalue weighted by Gasteiger charge is -2.32. The quantitative estimate of drug-likeness (QED) is 0.835. The maximum atomic E-state index is 12.2. The standard InChI is InChI=1S/C20H24ClN3O2/c21-17-4-2-1-3-16(17)13-24-9-7-14(8-10-24)12-22-20(25)19-11-18(23-26-19)15-5-6-15/h1-4,11,14-15H,5-10,12-13H2,(H,22,25). The van der Waals surface area contributed by atoms with Gasteiger partial charge in [-0.15, -0.1) is 0 Å². The van der Waals surface area contributed by atoms with Gasteiger partial charge >= 0.3 is 0 Å². The molecule has 1 aromatic heterocycles. The number of rotatable bonds is 6. The van der Waals surface area contributed by atoms with Crippen molar-refractivity contribution in [3.63, 3.8) is 0 Å². The van der Waals surface area contributed by atoms with Crippen LogP contribution in [-0.4, -0.2) is 35.6 Å². The molecule has 1 aliphatic carbocycles. The number of aromatic nitrogens is 1. The summed E-state index contributed by atoms with van der Waals surface area (Å²) in [5.74, 6) is 1.20. The number of hydrogen-bond acceptors (Lipinski definition) is 4. The van der Waals surface area contributed by atoms with Crippen molar-refractivity contribution in [2.45, 2.75) is 38.1 Å². The van der Waals surface area contributed by atoms with Crippen LogP contribution < -0.4 is 5.32 Å². The highest BCUT2D eigenvalue weighted by molar-refractivity contribution is 6.31. The second-order valence-electron chi connectivity index (χ2n) is 7.41. The second-order valence-corrected chi connectivity index (χ2v) is 7.82. The molecule has 2 aromatic rings. The Morgan fingerprint density at radius 3 is 2.73 bits per heavy atom. The van der Waals surface area contributed by atoms with Crippen LogP contribution in [0.15, 0.2) is 34.9 Å². The highest BCUT2D eigenvalue weighted by Gasteiger charge is 2.28. The fraction of sp³-hybridized carbons (Fsp3) is 0.500. The molecule has 6 heteroatoms. The molecule has 1 aliphatic heterocycles. The minimum atomic E-state index is -0.150. The summed E-state index contributed by atoms with van der Waals surface area (Å²) in [5.41, 5.74) is 2.10. The van der Waals surface area contributed by atoms with Gasteiger partial charge in [0.05, 0.1) is 5.69 Å². The van der Waals surface area contributed by atoms with E-state index >= 15 is 0 Å². The van der Waals surface area contributed by atoms with Gasteiger partial charge < -0.3 is 9.84 Å². The van der Waals surface area contributed by atoms with Crippen molar-refractivity contribution in [2.24, 2.45) is 5.92 Å². The van der Waals surface area contributed by atoms with Crippen molar-refractivity contribution in [3.8, 4) is 0 Å². The molecule has 1 N–H and O–H groups in total. The molecule has 26 heavy (non-hydrogen) atoms. The van der Waals surface area contributed by atoms with E-state index in [1.54, 1.807) is 6.07 Å². The Labute approximate surface area is 158 Å².